The summed E-state index contributed by atoms with van der Waals surface area (Å²) in [5, 5.41) is 20.6. The van der Waals surface area contributed by atoms with E-state index < -0.39 is 5.82 Å². The van der Waals surface area contributed by atoms with Gasteiger partial charge >= 0.3 is 0 Å². The number of benzene rings is 1. The van der Waals surface area contributed by atoms with E-state index in [0.717, 1.165) is 5.56 Å². The van der Waals surface area contributed by atoms with Crippen LogP contribution in [0.25, 0.3) is 0 Å². The summed E-state index contributed by atoms with van der Waals surface area (Å²) >= 11 is 0. The number of hydrogen-bond acceptors (Lipinski definition) is 3. The lowest BCUT2D eigenvalue weighted by molar-refractivity contribution is 0.268. The summed E-state index contributed by atoms with van der Waals surface area (Å²) in [4.78, 5) is 0. The van der Waals surface area contributed by atoms with Gasteiger partial charge in [-0.1, -0.05) is 6.07 Å². The fourth-order valence-electron chi connectivity index (χ4n) is 1.36. The second kappa shape index (κ2) is 6.21. The van der Waals surface area contributed by atoms with Crippen LogP contribution in [0.15, 0.2) is 18.2 Å². The summed E-state index contributed by atoms with van der Waals surface area (Å²) in [6.45, 7) is 2.67. The van der Waals surface area contributed by atoms with Crippen LogP contribution in [0.5, 0.6) is 0 Å². The molecule has 0 bridgehead atoms. The molecule has 3 nitrogen and oxygen atoms in total. The Kier molecular flexibility index (Phi) is 4.90. The average molecular weight is 222 g/mol. The molecule has 16 heavy (non-hydrogen) atoms. The van der Waals surface area contributed by atoms with Gasteiger partial charge in [0.2, 0.25) is 0 Å². The number of aliphatic hydroxyl groups excluding tert-OH is 1. The molecule has 0 radical (unpaired) electrons. The topological polar surface area (TPSA) is 56.0 Å². The smallest absolute Gasteiger partial charge is 0.140 e. The van der Waals surface area contributed by atoms with Crippen LogP contribution in [-0.2, 0) is 6.54 Å². The third-order valence-electron chi connectivity index (χ3n) is 2.37. The highest BCUT2D eigenvalue weighted by Gasteiger charge is 2.04. The lowest BCUT2D eigenvalue weighted by Crippen LogP contribution is -2.26. The molecule has 0 spiro atoms. The first kappa shape index (κ1) is 12.6. The van der Waals surface area contributed by atoms with E-state index in [1.54, 1.807) is 12.1 Å². The summed E-state index contributed by atoms with van der Waals surface area (Å²) < 4.78 is 13.0. The van der Waals surface area contributed by atoms with Crippen molar-refractivity contribution < 1.29 is 9.50 Å². The van der Waals surface area contributed by atoms with Gasteiger partial charge in [0.25, 0.3) is 0 Å². The predicted molar refractivity (Wildman–Crippen MR) is 59.1 cm³/mol. The van der Waals surface area contributed by atoms with E-state index in [1.807, 2.05) is 6.92 Å². The maximum absolute atomic E-state index is 13.0. The first-order chi connectivity index (χ1) is 7.67. The molecule has 0 saturated carbocycles. The van der Waals surface area contributed by atoms with Gasteiger partial charge in [0.1, 0.15) is 11.9 Å². The van der Waals surface area contributed by atoms with Crippen LogP contribution in [0.1, 0.15) is 24.5 Å². The van der Waals surface area contributed by atoms with Crippen LogP contribution in [0.4, 0.5) is 4.39 Å². The predicted octanol–water partition coefficient (Wildman–Crippen LogP) is 1.56. The Morgan fingerprint density at radius 1 is 1.56 bits per heavy atom. The van der Waals surface area contributed by atoms with Crippen LogP contribution in [-0.4, -0.2) is 17.8 Å². The molecule has 0 fully saturated rings. The second-order valence-electron chi connectivity index (χ2n) is 3.72. The lowest BCUT2D eigenvalue weighted by Gasteiger charge is -2.12. The van der Waals surface area contributed by atoms with E-state index in [1.165, 1.54) is 12.1 Å². The van der Waals surface area contributed by atoms with Crippen molar-refractivity contribution in [3.05, 3.63) is 35.1 Å². The molecule has 1 rings (SSSR count). The summed E-state index contributed by atoms with van der Waals surface area (Å²) in [6.07, 6.45) is 0.673. The number of hydrogen-bond donors (Lipinski definition) is 2. The largest absolute Gasteiger partial charge is 0.396 e. The highest BCUT2D eigenvalue weighted by molar-refractivity contribution is 5.34. The molecule has 0 aliphatic carbocycles. The maximum Gasteiger partial charge on any atom is 0.140 e. The van der Waals surface area contributed by atoms with Crippen LogP contribution >= 0.6 is 0 Å². The number of nitriles is 1. The molecule has 1 aromatic rings. The third-order valence-corrected chi connectivity index (χ3v) is 2.37. The van der Waals surface area contributed by atoms with Gasteiger partial charge in [-0.25, -0.2) is 4.39 Å². The zero-order chi connectivity index (χ0) is 12.0. The molecule has 86 valence electrons. The van der Waals surface area contributed by atoms with Gasteiger partial charge in [-0.15, -0.1) is 0 Å². The number of rotatable bonds is 5. The number of aliphatic hydroxyl groups is 1. The highest BCUT2D eigenvalue weighted by atomic mass is 19.1. The van der Waals surface area contributed by atoms with Crippen LogP contribution in [0, 0.1) is 17.1 Å². The van der Waals surface area contributed by atoms with Gasteiger partial charge in [0.15, 0.2) is 0 Å². The standard InChI is InChI=1S/C12H15FN2O/c1-9(4-5-16)15-8-10-2-3-12(13)11(6-10)7-14/h2-3,6,9,15-16H,4-5,8H2,1H3. The Labute approximate surface area is 94.5 Å². The van der Waals surface area contributed by atoms with Gasteiger partial charge in [-0.05, 0) is 31.0 Å². The molecule has 1 unspecified atom stereocenters. The Hall–Kier alpha value is -1.44. The molecule has 0 aliphatic rings. The quantitative estimate of drug-likeness (QED) is 0.794. The van der Waals surface area contributed by atoms with Crippen molar-refractivity contribution in [1.29, 1.82) is 5.26 Å². The first-order valence-electron chi connectivity index (χ1n) is 5.20. The minimum absolute atomic E-state index is 0.0640. The minimum Gasteiger partial charge on any atom is -0.396 e. The summed E-state index contributed by atoms with van der Waals surface area (Å²) in [5.41, 5.74) is 0.928. The lowest BCUT2D eigenvalue weighted by atomic mass is 10.1. The molecule has 0 aliphatic heterocycles. The van der Waals surface area contributed by atoms with Crippen molar-refractivity contribution in [3.8, 4) is 6.07 Å². The number of nitrogens with zero attached hydrogens (tertiary/aromatic N) is 1. The fourth-order valence-corrected chi connectivity index (χ4v) is 1.36. The van der Waals surface area contributed by atoms with E-state index in [4.69, 9.17) is 10.4 Å². The van der Waals surface area contributed by atoms with Crippen LogP contribution in [0.2, 0.25) is 0 Å². The number of nitrogens with one attached hydrogen (secondary N) is 1. The van der Waals surface area contributed by atoms with Gasteiger partial charge in [0.05, 0.1) is 5.56 Å². The molecule has 0 saturated heterocycles. The zero-order valence-corrected chi connectivity index (χ0v) is 9.20. The van der Waals surface area contributed by atoms with E-state index in [9.17, 15) is 4.39 Å². The van der Waals surface area contributed by atoms with E-state index in [2.05, 4.69) is 5.32 Å². The van der Waals surface area contributed by atoms with Crippen molar-refractivity contribution in [2.24, 2.45) is 0 Å². The summed E-state index contributed by atoms with van der Waals surface area (Å²) in [5.74, 6) is -0.491. The monoisotopic (exact) mass is 222 g/mol. The van der Waals surface area contributed by atoms with Crippen molar-refractivity contribution >= 4 is 0 Å². The fraction of sp³-hybridized carbons (Fsp3) is 0.417. The normalized spacial score (nSPS) is 12.1. The Morgan fingerprint density at radius 3 is 2.94 bits per heavy atom. The van der Waals surface area contributed by atoms with Crippen LogP contribution in [0.3, 0.4) is 0 Å². The molecule has 0 heterocycles. The Balaban J connectivity index is 2.58. The molecule has 1 aromatic carbocycles. The van der Waals surface area contributed by atoms with Crippen LogP contribution < -0.4 is 5.32 Å². The molecule has 0 aromatic heterocycles. The Morgan fingerprint density at radius 2 is 2.31 bits per heavy atom. The van der Waals surface area contributed by atoms with E-state index in [0.29, 0.717) is 13.0 Å². The summed E-state index contributed by atoms with van der Waals surface area (Å²) in [7, 11) is 0. The van der Waals surface area contributed by atoms with Gasteiger partial charge in [-0.3, -0.25) is 0 Å². The Bertz CT molecular complexity index is 387. The first-order valence-corrected chi connectivity index (χ1v) is 5.20. The van der Waals surface area contributed by atoms with Crippen molar-refractivity contribution in [3.63, 3.8) is 0 Å². The zero-order valence-electron chi connectivity index (χ0n) is 9.20. The average Bonchev–Trinajstić information content (AvgIpc) is 2.28. The van der Waals surface area contributed by atoms with E-state index in [-0.39, 0.29) is 18.2 Å². The molecule has 1 atom stereocenters. The van der Waals surface area contributed by atoms with Crippen molar-refractivity contribution in [2.75, 3.05) is 6.61 Å². The summed E-state index contributed by atoms with van der Waals surface area (Å²) in [6, 6.07) is 6.48. The third kappa shape index (κ3) is 3.61. The maximum atomic E-state index is 13.0. The highest BCUT2D eigenvalue weighted by Crippen LogP contribution is 2.09. The molecule has 2 N–H and O–H groups in total. The van der Waals surface area contributed by atoms with E-state index >= 15 is 0 Å². The van der Waals surface area contributed by atoms with Crippen molar-refractivity contribution in [1.82, 2.24) is 5.32 Å². The molecular formula is C12H15FN2O. The van der Waals surface area contributed by atoms with Crippen molar-refractivity contribution in [2.45, 2.75) is 25.9 Å². The SMILES string of the molecule is CC(CCO)NCc1ccc(F)c(C#N)c1. The minimum atomic E-state index is -0.491. The molecule has 4 heteroatoms. The number of halogens is 1. The van der Waals surface area contributed by atoms with Gasteiger partial charge < -0.3 is 10.4 Å². The molecular weight excluding hydrogens is 207 g/mol. The van der Waals surface area contributed by atoms with Gasteiger partial charge in [-0.2, -0.15) is 5.26 Å². The van der Waals surface area contributed by atoms with Gasteiger partial charge in [0, 0.05) is 19.2 Å². The second-order valence-corrected chi connectivity index (χ2v) is 3.72. The molecule has 0 amide bonds.